The smallest absolute Gasteiger partial charge is 0.244 e. The van der Waals surface area contributed by atoms with Gasteiger partial charge >= 0.3 is 0 Å². The van der Waals surface area contributed by atoms with Crippen LogP contribution in [-0.2, 0) is 10.0 Å². The van der Waals surface area contributed by atoms with Gasteiger partial charge < -0.3 is 10.8 Å². The van der Waals surface area contributed by atoms with E-state index in [4.69, 9.17) is 28.9 Å². The topological polar surface area (TPSA) is 83.6 Å². The minimum Gasteiger partial charge on any atom is -0.396 e. The number of rotatable bonds is 2. The molecule has 0 amide bonds. The lowest BCUT2D eigenvalue weighted by molar-refractivity contribution is -0.0426. The molecule has 1 heterocycles. The van der Waals surface area contributed by atoms with Gasteiger partial charge in [0, 0.05) is 13.1 Å². The van der Waals surface area contributed by atoms with Gasteiger partial charge in [0.15, 0.2) is 0 Å². The molecular formula is C10H12Cl2N2O3S. The molecule has 0 aromatic heterocycles. The second-order valence-corrected chi connectivity index (χ2v) is 7.23. The highest BCUT2D eigenvalue weighted by atomic mass is 35.5. The van der Waals surface area contributed by atoms with Crippen LogP contribution in [0, 0.1) is 0 Å². The Kier molecular flexibility index (Phi) is 3.28. The number of hydrogen-bond donors (Lipinski definition) is 2. The van der Waals surface area contributed by atoms with Gasteiger partial charge in [0.2, 0.25) is 10.0 Å². The van der Waals surface area contributed by atoms with Gasteiger partial charge in [-0.25, -0.2) is 8.42 Å². The van der Waals surface area contributed by atoms with E-state index in [1.54, 1.807) is 6.92 Å². The standard InChI is InChI=1S/C10H12Cl2N2O3S/c1-10(15)4-14(5-10)18(16,17)7-3-2-6(11)9(13)8(7)12/h2-3,15H,4-5,13H2,1H3. The summed E-state index contributed by atoms with van der Waals surface area (Å²) in [6.07, 6.45) is 0. The summed E-state index contributed by atoms with van der Waals surface area (Å²) >= 11 is 11.7. The maximum Gasteiger partial charge on any atom is 0.244 e. The molecular weight excluding hydrogens is 299 g/mol. The molecule has 1 fully saturated rings. The number of anilines is 1. The normalized spacial score (nSPS) is 19.6. The lowest BCUT2D eigenvalue weighted by atomic mass is 10.0. The number of benzene rings is 1. The van der Waals surface area contributed by atoms with E-state index in [9.17, 15) is 13.5 Å². The van der Waals surface area contributed by atoms with Gasteiger partial charge in [-0.1, -0.05) is 23.2 Å². The zero-order valence-electron chi connectivity index (χ0n) is 9.52. The lowest BCUT2D eigenvalue weighted by Gasteiger charge is -2.42. The second kappa shape index (κ2) is 4.25. The predicted molar refractivity (Wildman–Crippen MR) is 70.3 cm³/mol. The van der Waals surface area contributed by atoms with Crippen LogP contribution >= 0.6 is 23.2 Å². The van der Waals surface area contributed by atoms with Gasteiger partial charge in [0.05, 0.1) is 21.3 Å². The Morgan fingerprint density at radius 2 is 1.94 bits per heavy atom. The summed E-state index contributed by atoms with van der Waals surface area (Å²) < 4.78 is 25.6. The number of nitrogen functional groups attached to an aromatic ring is 1. The molecule has 1 aliphatic heterocycles. The van der Waals surface area contributed by atoms with Gasteiger partial charge in [0.25, 0.3) is 0 Å². The van der Waals surface area contributed by atoms with Crippen molar-refractivity contribution in [3.8, 4) is 0 Å². The van der Waals surface area contributed by atoms with E-state index in [-0.39, 0.29) is 33.7 Å². The molecule has 1 aromatic rings. The number of nitrogens with two attached hydrogens (primary N) is 1. The molecule has 8 heteroatoms. The highest BCUT2D eigenvalue weighted by Crippen LogP contribution is 2.36. The fourth-order valence-corrected chi connectivity index (χ4v) is 4.19. The van der Waals surface area contributed by atoms with Crippen molar-refractivity contribution in [3.63, 3.8) is 0 Å². The van der Waals surface area contributed by atoms with Crippen LogP contribution in [0.5, 0.6) is 0 Å². The summed E-state index contributed by atoms with van der Waals surface area (Å²) in [4.78, 5) is -0.0958. The highest BCUT2D eigenvalue weighted by molar-refractivity contribution is 7.89. The molecule has 0 aliphatic carbocycles. The number of β-amino-alcohol motifs (C(OH)–C–C–N with tert-alkyl or cyclic N) is 1. The van der Waals surface area contributed by atoms with Crippen molar-refractivity contribution in [1.82, 2.24) is 4.31 Å². The van der Waals surface area contributed by atoms with E-state index in [2.05, 4.69) is 0 Å². The fourth-order valence-electron chi connectivity index (χ4n) is 1.77. The van der Waals surface area contributed by atoms with Crippen LogP contribution in [0.1, 0.15) is 6.92 Å². The number of nitrogens with zero attached hydrogens (tertiary/aromatic N) is 1. The van der Waals surface area contributed by atoms with E-state index in [0.717, 1.165) is 4.31 Å². The number of halogens is 2. The Hall–Kier alpha value is -0.530. The molecule has 3 N–H and O–H groups in total. The van der Waals surface area contributed by atoms with Crippen LogP contribution in [0.4, 0.5) is 5.69 Å². The van der Waals surface area contributed by atoms with Crippen molar-refractivity contribution < 1.29 is 13.5 Å². The highest BCUT2D eigenvalue weighted by Gasteiger charge is 2.44. The molecule has 0 bridgehead atoms. The van der Waals surface area contributed by atoms with Crippen LogP contribution in [0.3, 0.4) is 0 Å². The molecule has 18 heavy (non-hydrogen) atoms. The third kappa shape index (κ3) is 2.19. The largest absolute Gasteiger partial charge is 0.396 e. The molecule has 0 spiro atoms. The molecule has 0 radical (unpaired) electrons. The summed E-state index contributed by atoms with van der Waals surface area (Å²) in [5, 5.41) is 9.69. The Labute approximate surface area is 115 Å². The van der Waals surface area contributed by atoms with E-state index in [1.165, 1.54) is 12.1 Å². The first-order valence-corrected chi connectivity index (χ1v) is 7.31. The minimum atomic E-state index is -3.74. The van der Waals surface area contributed by atoms with Crippen LogP contribution in [0.25, 0.3) is 0 Å². The molecule has 1 aliphatic rings. The monoisotopic (exact) mass is 310 g/mol. The summed E-state index contributed by atoms with van der Waals surface area (Å²) in [5.41, 5.74) is 4.64. The molecule has 5 nitrogen and oxygen atoms in total. The number of aliphatic hydroxyl groups is 1. The molecule has 2 rings (SSSR count). The van der Waals surface area contributed by atoms with Crippen LogP contribution in [0.2, 0.25) is 10.0 Å². The summed E-state index contributed by atoms with van der Waals surface area (Å²) in [7, 11) is -3.74. The Morgan fingerprint density at radius 1 is 1.39 bits per heavy atom. The van der Waals surface area contributed by atoms with Crippen molar-refractivity contribution in [2.24, 2.45) is 0 Å². The zero-order valence-corrected chi connectivity index (χ0v) is 11.8. The Balaban J connectivity index is 2.41. The molecule has 0 unspecified atom stereocenters. The SMILES string of the molecule is CC1(O)CN(S(=O)(=O)c2ccc(Cl)c(N)c2Cl)C1. The third-order valence-electron chi connectivity index (χ3n) is 2.74. The van der Waals surface area contributed by atoms with E-state index in [0.29, 0.717) is 0 Å². The van der Waals surface area contributed by atoms with E-state index in [1.807, 2.05) is 0 Å². The summed E-state index contributed by atoms with van der Waals surface area (Å²) in [5.74, 6) is 0. The fraction of sp³-hybridized carbons (Fsp3) is 0.400. The quantitative estimate of drug-likeness (QED) is 0.807. The van der Waals surface area contributed by atoms with Gasteiger partial charge in [-0.05, 0) is 19.1 Å². The number of hydrogen-bond acceptors (Lipinski definition) is 4. The Morgan fingerprint density at radius 3 is 2.44 bits per heavy atom. The molecule has 0 atom stereocenters. The van der Waals surface area contributed by atoms with E-state index >= 15 is 0 Å². The average molecular weight is 311 g/mol. The predicted octanol–water partition coefficient (Wildman–Crippen LogP) is 1.33. The van der Waals surface area contributed by atoms with Crippen LogP contribution in [-0.4, -0.2) is 36.5 Å². The number of sulfonamides is 1. The van der Waals surface area contributed by atoms with E-state index < -0.39 is 15.6 Å². The first-order chi connectivity index (χ1) is 8.15. The molecule has 1 saturated heterocycles. The first-order valence-electron chi connectivity index (χ1n) is 5.11. The van der Waals surface area contributed by atoms with Crippen molar-refractivity contribution in [2.45, 2.75) is 17.4 Å². The molecule has 100 valence electrons. The maximum atomic E-state index is 12.2. The van der Waals surface area contributed by atoms with Gasteiger partial charge in [-0.3, -0.25) is 0 Å². The van der Waals surface area contributed by atoms with Gasteiger partial charge in [0.1, 0.15) is 4.90 Å². The summed E-state index contributed by atoms with van der Waals surface area (Å²) in [6.45, 7) is 1.64. The maximum absolute atomic E-state index is 12.2. The molecule has 1 aromatic carbocycles. The van der Waals surface area contributed by atoms with Crippen molar-refractivity contribution in [1.29, 1.82) is 0 Å². The minimum absolute atomic E-state index is 0.0340. The second-order valence-electron chi connectivity index (χ2n) is 4.54. The molecule has 0 saturated carbocycles. The van der Waals surface area contributed by atoms with Crippen LogP contribution in [0.15, 0.2) is 17.0 Å². The zero-order chi connectivity index (χ0) is 13.7. The first kappa shape index (κ1) is 13.9. The Bertz CT molecular complexity index is 593. The summed E-state index contributed by atoms with van der Waals surface area (Å²) in [6, 6.07) is 2.69. The van der Waals surface area contributed by atoms with Crippen molar-refractivity contribution in [2.75, 3.05) is 18.8 Å². The van der Waals surface area contributed by atoms with Crippen molar-refractivity contribution >= 4 is 38.9 Å². The average Bonchev–Trinajstić information content (AvgIpc) is 2.22. The van der Waals surface area contributed by atoms with Crippen molar-refractivity contribution in [3.05, 3.63) is 22.2 Å². The van der Waals surface area contributed by atoms with Gasteiger partial charge in [-0.15, -0.1) is 0 Å². The lowest BCUT2D eigenvalue weighted by Crippen LogP contribution is -2.61. The van der Waals surface area contributed by atoms with Gasteiger partial charge in [-0.2, -0.15) is 4.31 Å². The third-order valence-corrected chi connectivity index (χ3v) is 5.43. The van der Waals surface area contributed by atoms with Crippen LogP contribution < -0.4 is 5.73 Å².